The van der Waals surface area contributed by atoms with Gasteiger partial charge in [0.25, 0.3) is 5.91 Å². The normalized spacial score (nSPS) is 15.7. The van der Waals surface area contributed by atoms with Gasteiger partial charge in [-0.1, -0.05) is 60.4 Å². The molecular formula is C24H33ClN2O2. The van der Waals surface area contributed by atoms with E-state index in [0.29, 0.717) is 6.54 Å². The van der Waals surface area contributed by atoms with Crippen LogP contribution in [0.3, 0.4) is 0 Å². The number of likely N-dealkylation sites (tertiary alicyclic amines) is 1. The summed E-state index contributed by atoms with van der Waals surface area (Å²) < 4.78 is 5.62. The Morgan fingerprint density at radius 1 is 0.931 bits per heavy atom. The highest BCUT2D eigenvalue weighted by atomic mass is 35.5. The van der Waals surface area contributed by atoms with Crippen molar-refractivity contribution in [2.75, 3.05) is 26.2 Å². The van der Waals surface area contributed by atoms with Crippen LogP contribution in [0.1, 0.15) is 48.4 Å². The smallest absolute Gasteiger partial charge is 0.258 e. The molecule has 1 atom stereocenters. The average Bonchev–Trinajstić information content (AvgIpc) is 2.98. The van der Waals surface area contributed by atoms with Gasteiger partial charge in [-0.05, 0) is 57.5 Å². The van der Waals surface area contributed by atoms with Crippen LogP contribution in [0.5, 0.6) is 5.75 Å². The van der Waals surface area contributed by atoms with Gasteiger partial charge in [-0.2, -0.15) is 0 Å². The molecule has 1 heterocycles. The lowest BCUT2D eigenvalue weighted by Gasteiger charge is -2.31. The number of carbonyl (C=O) groups excluding carboxylic acids is 1. The fourth-order valence-corrected chi connectivity index (χ4v) is 3.70. The van der Waals surface area contributed by atoms with Gasteiger partial charge in [0.2, 0.25) is 0 Å². The Morgan fingerprint density at radius 2 is 1.48 bits per heavy atom. The first-order valence-electron chi connectivity index (χ1n) is 10.4. The number of benzene rings is 2. The third-order valence-corrected chi connectivity index (χ3v) is 5.43. The molecule has 1 aliphatic heterocycles. The number of hydrogen-bond acceptors (Lipinski definition) is 3. The highest BCUT2D eigenvalue weighted by molar-refractivity contribution is 5.85. The van der Waals surface area contributed by atoms with Crippen LogP contribution in [-0.4, -0.2) is 37.0 Å². The van der Waals surface area contributed by atoms with Crippen molar-refractivity contribution in [3.8, 4) is 5.75 Å². The molecular weight excluding hydrogens is 384 g/mol. The highest BCUT2D eigenvalue weighted by Crippen LogP contribution is 2.24. The van der Waals surface area contributed by atoms with Crippen molar-refractivity contribution in [3.05, 3.63) is 65.2 Å². The lowest BCUT2D eigenvalue weighted by Crippen LogP contribution is -2.40. The molecule has 5 heteroatoms. The third-order valence-electron chi connectivity index (χ3n) is 5.43. The molecule has 1 unspecified atom stereocenters. The van der Waals surface area contributed by atoms with Gasteiger partial charge in [0.05, 0.1) is 6.04 Å². The van der Waals surface area contributed by atoms with E-state index < -0.39 is 0 Å². The van der Waals surface area contributed by atoms with Crippen LogP contribution < -0.4 is 10.1 Å². The van der Waals surface area contributed by atoms with E-state index in [4.69, 9.17) is 4.74 Å². The number of carbonyl (C=O) groups is 1. The van der Waals surface area contributed by atoms with E-state index in [2.05, 4.69) is 41.4 Å². The summed E-state index contributed by atoms with van der Waals surface area (Å²) in [7, 11) is 0. The summed E-state index contributed by atoms with van der Waals surface area (Å²) in [6.07, 6.45) is 5.06. The Kier molecular flexibility index (Phi) is 9.49. The molecule has 2 aromatic rings. The van der Waals surface area contributed by atoms with E-state index >= 15 is 0 Å². The van der Waals surface area contributed by atoms with Crippen LogP contribution in [0.2, 0.25) is 0 Å². The second kappa shape index (κ2) is 11.8. The standard InChI is InChI=1S/C24H32N2O2.ClH/c1-19-7-11-21(12-8-19)23(26-15-5-3-4-6-16-26)17-25-24(27)18-28-22-13-9-20(2)10-14-22;/h7-14,23H,3-6,15-18H2,1-2H3,(H,25,27);1H. The summed E-state index contributed by atoms with van der Waals surface area (Å²) in [6, 6.07) is 16.7. The Labute approximate surface area is 181 Å². The van der Waals surface area contributed by atoms with Crippen LogP contribution >= 0.6 is 12.4 Å². The van der Waals surface area contributed by atoms with Crippen molar-refractivity contribution in [2.45, 2.75) is 45.6 Å². The molecule has 0 aliphatic carbocycles. The minimum Gasteiger partial charge on any atom is -0.484 e. The SMILES string of the molecule is Cc1ccc(OCC(=O)NCC(c2ccc(C)cc2)N2CCCCCC2)cc1.Cl. The second-order valence-electron chi connectivity index (χ2n) is 7.78. The molecule has 29 heavy (non-hydrogen) atoms. The minimum atomic E-state index is -0.0764. The maximum Gasteiger partial charge on any atom is 0.258 e. The lowest BCUT2D eigenvalue weighted by molar-refractivity contribution is -0.123. The van der Waals surface area contributed by atoms with Crippen molar-refractivity contribution in [1.29, 1.82) is 0 Å². The molecule has 1 fully saturated rings. The van der Waals surface area contributed by atoms with Gasteiger partial charge in [0.15, 0.2) is 6.61 Å². The Morgan fingerprint density at radius 3 is 2.07 bits per heavy atom. The van der Waals surface area contributed by atoms with Crippen LogP contribution in [0.15, 0.2) is 48.5 Å². The number of amides is 1. The maximum absolute atomic E-state index is 12.4. The van der Waals surface area contributed by atoms with Crippen molar-refractivity contribution in [1.82, 2.24) is 10.2 Å². The number of aryl methyl sites for hydroxylation is 2. The van der Waals surface area contributed by atoms with Gasteiger partial charge in [0.1, 0.15) is 5.75 Å². The summed E-state index contributed by atoms with van der Waals surface area (Å²) >= 11 is 0. The summed E-state index contributed by atoms with van der Waals surface area (Å²) in [5.41, 5.74) is 3.70. The molecule has 0 spiro atoms. The molecule has 158 valence electrons. The number of halogens is 1. The van der Waals surface area contributed by atoms with E-state index in [1.165, 1.54) is 42.4 Å². The van der Waals surface area contributed by atoms with Crippen LogP contribution in [0.25, 0.3) is 0 Å². The van der Waals surface area contributed by atoms with Gasteiger partial charge < -0.3 is 10.1 Å². The largest absolute Gasteiger partial charge is 0.484 e. The summed E-state index contributed by atoms with van der Waals surface area (Å²) in [6.45, 7) is 6.98. The first-order valence-corrected chi connectivity index (χ1v) is 10.4. The van der Waals surface area contributed by atoms with Gasteiger partial charge in [-0.15, -0.1) is 12.4 Å². The van der Waals surface area contributed by atoms with E-state index in [9.17, 15) is 4.79 Å². The predicted octanol–water partition coefficient (Wildman–Crippen LogP) is 4.84. The molecule has 4 nitrogen and oxygen atoms in total. The zero-order valence-corrected chi connectivity index (χ0v) is 18.3. The zero-order valence-electron chi connectivity index (χ0n) is 17.5. The first-order chi connectivity index (χ1) is 13.6. The number of hydrogen-bond donors (Lipinski definition) is 1. The number of ether oxygens (including phenoxy) is 1. The van der Waals surface area contributed by atoms with Gasteiger partial charge in [-0.3, -0.25) is 9.69 Å². The van der Waals surface area contributed by atoms with E-state index in [1.807, 2.05) is 31.2 Å². The lowest BCUT2D eigenvalue weighted by atomic mass is 10.0. The van der Waals surface area contributed by atoms with Gasteiger partial charge >= 0.3 is 0 Å². The molecule has 0 bridgehead atoms. The summed E-state index contributed by atoms with van der Waals surface area (Å²) in [5.74, 6) is 0.649. The molecule has 3 rings (SSSR count). The number of nitrogens with one attached hydrogen (secondary N) is 1. The monoisotopic (exact) mass is 416 g/mol. The highest BCUT2D eigenvalue weighted by Gasteiger charge is 2.22. The number of rotatable bonds is 7. The van der Waals surface area contributed by atoms with Crippen molar-refractivity contribution < 1.29 is 9.53 Å². The van der Waals surface area contributed by atoms with Crippen LogP contribution in [-0.2, 0) is 4.79 Å². The van der Waals surface area contributed by atoms with Crippen LogP contribution in [0.4, 0.5) is 0 Å². The van der Waals surface area contributed by atoms with Gasteiger partial charge in [-0.25, -0.2) is 0 Å². The average molecular weight is 417 g/mol. The molecule has 1 saturated heterocycles. The zero-order chi connectivity index (χ0) is 19.8. The molecule has 2 aromatic carbocycles. The Balaban J connectivity index is 0.00000300. The molecule has 1 aliphatic rings. The molecule has 0 saturated carbocycles. The van der Waals surface area contributed by atoms with E-state index in [-0.39, 0.29) is 31.0 Å². The maximum atomic E-state index is 12.4. The fourth-order valence-electron chi connectivity index (χ4n) is 3.70. The van der Waals surface area contributed by atoms with Gasteiger partial charge in [0, 0.05) is 6.54 Å². The first kappa shape index (κ1) is 23.2. The van der Waals surface area contributed by atoms with Crippen molar-refractivity contribution in [3.63, 3.8) is 0 Å². The second-order valence-corrected chi connectivity index (χ2v) is 7.78. The van der Waals surface area contributed by atoms with Crippen molar-refractivity contribution in [2.24, 2.45) is 0 Å². The molecule has 0 radical (unpaired) electrons. The summed E-state index contributed by atoms with van der Waals surface area (Å²) in [4.78, 5) is 14.9. The van der Waals surface area contributed by atoms with Crippen molar-refractivity contribution >= 4 is 18.3 Å². The molecule has 1 amide bonds. The predicted molar refractivity (Wildman–Crippen MR) is 121 cm³/mol. The third kappa shape index (κ3) is 7.37. The Bertz CT molecular complexity index is 738. The summed E-state index contributed by atoms with van der Waals surface area (Å²) in [5, 5.41) is 3.09. The molecule has 1 N–H and O–H groups in total. The fraction of sp³-hybridized carbons (Fsp3) is 0.458. The topological polar surface area (TPSA) is 41.6 Å². The van der Waals surface area contributed by atoms with E-state index in [0.717, 1.165) is 18.8 Å². The quantitative estimate of drug-likeness (QED) is 0.702. The van der Waals surface area contributed by atoms with Crippen LogP contribution in [0, 0.1) is 13.8 Å². The minimum absolute atomic E-state index is 0. The number of nitrogens with zero attached hydrogens (tertiary/aromatic N) is 1. The van der Waals surface area contributed by atoms with E-state index in [1.54, 1.807) is 0 Å². The Hall–Kier alpha value is -2.04. The molecule has 0 aromatic heterocycles.